The molecule has 0 aliphatic heterocycles. The summed E-state index contributed by atoms with van der Waals surface area (Å²) in [5.41, 5.74) is 4.11. The predicted octanol–water partition coefficient (Wildman–Crippen LogP) is 4.41. The summed E-state index contributed by atoms with van der Waals surface area (Å²) < 4.78 is 0. The molecule has 118 valence electrons. The highest BCUT2D eigenvalue weighted by molar-refractivity contribution is 6.02. The number of carbonyl (C=O) groups is 2. The minimum Gasteiger partial charge on any atom is -0.299 e. The molecule has 1 aromatic rings. The van der Waals surface area contributed by atoms with Gasteiger partial charge in [0.05, 0.1) is 0 Å². The van der Waals surface area contributed by atoms with Crippen molar-refractivity contribution in [1.82, 2.24) is 0 Å². The first-order valence-corrected chi connectivity index (χ1v) is 8.43. The van der Waals surface area contributed by atoms with Gasteiger partial charge in [-0.3, -0.25) is 9.59 Å². The molecule has 2 heteroatoms. The monoisotopic (exact) mass is 298 g/mol. The van der Waals surface area contributed by atoms with Gasteiger partial charge >= 0.3 is 0 Å². The highest BCUT2D eigenvalue weighted by Gasteiger charge is 2.55. The lowest BCUT2D eigenvalue weighted by Crippen LogP contribution is -2.53. The van der Waals surface area contributed by atoms with Crippen molar-refractivity contribution in [2.75, 3.05) is 0 Å². The standard InChI is InChI=1S/C20H26O2/c1-6-13-12(2)7-8-14-18(13)15(21)11-16-19(3,4)17(22)9-10-20(14,16)5/h7-8,16H,6,9-11H2,1-5H3. The van der Waals surface area contributed by atoms with Crippen molar-refractivity contribution in [2.45, 2.75) is 65.7 Å². The van der Waals surface area contributed by atoms with Crippen molar-refractivity contribution in [3.05, 3.63) is 34.4 Å². The molecule has 0 amide bonds. The smallest absolute Gasteiger partial charge is 0.163 e. The van der Waals surface area contributed by atoms with Crippen molar-refractivity contribution in [2.24, 2.45) is 11.3 Å². The van der Waals surface area contributed by atoms with Crippen molar-refractivity contribution < 1.29 is 9.59 Å². The molecule has 2 atom stereocenters. The average molecular weight is 298 g/mol. The lowest BCUT2D eigenvalue weighted by molar-refractivity contribution is -0.136. The molecule has 0 saturated heterocycles. The Morgan fingerprint density at radius 1 is 1.18 bits per heavy atom. The minimum atomic E-state index is -0.405. The van der Waals surface area contributed by atoms with Gasteiger partial charge in [0.1, 0.15) is 5.78 Å². The Bertz CT molecular complexity index is 669. The second-order valence-electron chi connectivity index (χ2n) is 7.88. The molecule has 0 aromatic heterocycles. The summed E-state index contributed by atoms with van der Waals surface area (Å²) >= 11 is 0. The van der Waals surface area contributed by atoms with Crippen molar-refractivity contribution >= 4 is 11.6 Å². The summed E-state index contributed by atoms with van der Waals surface area (Å²) in [5, 5.41) is 0. The molecular weight excluding hydrogens is 272 g/mol. The van der Waals surface area contributed by atoms with E-state index in [9.17, 15) is 9.59 Å². The van der Waals surface area contributed by atoms with Crippen LogP contribution in [0.15, 0.2) is 12.1 Å². The third-order valence-corrected chi connectivity index (χ3v) is 6.41. The maximum atomic E-state index is 12.9. The van der Waals surface area contributed by atoms with E-state index in [2.05, 4.69) is 32.9 Å². The number of ketones is 2. The quantitative estimate of drug-likeness (QED) is 0.769. The van der Waals surface area contributed by atoms with E-state index < -0.39 is 5.41 Å². The highest BCUT2D eigenvalue weighted by Crippen LogP contribution is 2.56. The molecular formula is C20H26O2. The van der Waals surface area contributed by atoms with E-state index in [0.29, 0.717) is 18.6 Å². The van der Waals surface area contributed by atoms with E-state index in [0.717, 1.165) is 18.4 Å². The Balaban J connectivity index is 2.25. The lowest BCUT2D eigenvalue weighted by atomic mass is 9.49. The summed E-state index contributed by atoms with van der Waals surface area (Å²) in [6.07, 6.45) is 2.90. The zero-order valence-electron chi connectivity index (χ0n) is 14.4. The number of fused-ring (bicyclic) bond motifs is 3. The van der Waals surface area contributed by atoms with Gasteiger partial charge in [-0.2, -0.15) is 0 Å². The van der Waals surface area contributed by atoms with Crippen LogP contribution in [-0.4, -0.2) is 11.6 Å². The Labute approximate surface area is 133 Å². The van der Waals surface area contributed by atoms with Gasteiger partial charge < -0.3 is 0 Å². The molecule has 2 aliphatic rings. The molecule has 1 saturated carbocycles. The first kappa shape index (κ1) is 15.5. The van der Waals surface area contributed by atoms with Crippen molar-refractivity contribution in [3.8, 4) is 0 Å². The van der Waals surface area contributed by atoms with Crippen molar-refractivity contribution in [3.63, 3.8) is 0 Å². The number of hydrogen-bond acceptors (Lipinski definition) is 2. The summed E-state index contributed by atoms with van der Waals surface area (Å²) in [7, 11) is 0. The van der Waals surface area contributed by atoms with Crippen molar-refractivity contribution in [1.29, 1.82) is 0 Å². The number of hydrogen-bond donors (Lipinski definition) is 0. The third-order valence-electron chi connectivity index (χ3n) is 6.41. The predicted molar refractivity (Wildman–Crippen MR) is 88.4 cm³/mol. The molecule has 0 N–H and O–H groups in total. The van der Waals surface area contributed by atoms with Crippen LogP contribution in [0, 0.1) is 18.3 Å². The Kier molecular flexibility index (Phi) is 3.36. The SMILES string of the molecule is CCc1c(C)ccc2c1C(=O)CC1C(C)(C)C(=O)CCC21C. The minimum absolute atomic E-state index is 0.0573. The van der Waals surface area contributed by atoms with E-state index in [1.165, 1.54) is 16.7 Å². The Morgan fingerprint density at radius 2 is 1.86 bits per heavy atom. The van der Waals surface area contributed by atoms with Crippen LogP contribution < -0.4 is 0 Å². The molecule has 2 aliphatic carbocycles. The van der Waals surface area contributed by atoms with Crippen LogP contribution in [0.1, 0.15) is 74.0 Å². The number of carbonyl (C=O) groups excluding carboxylic acids is 2. The van der Waals surface area contributed by atoms with Crippen LogP contribution in [0.4, 0.5) is 0 Å². The highest BCUT2D eigenvalue weighted by atomic mass is 16.1. The van der Waals surface area contributed by atoms with Gasteiger partial charge in [0.25, 0.3) is 0 Å². The van der Waals surface area contributed by atoms with E-state index in [1.807, 2.05) is 13.8 Å². The summed E-state index contributed by atoms with van der Waals surface area (Å²) in [5.74, 6) is 0.670. The molecule has 2 nitrogen and oxygen atoms in total. The zero-order valence-corrected chi connectivity index (χ0v) is 14.4. The first-order chi connectivity index (χ1) is 10.2. The second kappa shape index (κ2) is 4.78. The fourth-order valence-electron chi connectivity index (χ4n) is 4.95. The summed E-state index contributed by atoms with van der Waals surface area (Å²) in [6.45, 7) is 10.6. The number of benzene rings is 1. The third kappa shape index (κ3) is 1.85. The van der Waals surface area contributed by atoms with E-state index in [-0.39, 0.29) is 17.1 Å². The number of Topliss-reactive ketones (excluding diaryl/α,β-unsaturated/α-hetero) is 2. The zero-order chi connectivity index (χ0) is 16.3. The van der Waals surface area contributed by atoms with E-state index in [4.69, 9.17) is 0 Å². The maximum Gasteiger partial charge on any atom is 0.163 e. The van der Waals surface area contributed by atoms with E-state index in [1.54, 1.807) is 0 Å². The second-order valence-corrected chi connectivity index (χ2v) is 7.88. The fourth-order valence-corrected chi connectivity index (χ4v) is 4.95. The Hall–Kier alpha value is -1.44. The van der Waals surface area contributed by atoms with Crippen LogP contribution in [0.25, 0.3) is 0 Å². The molecule has 0 radical (unpaired) electrons. The van der Waals surface area contributed by atoms with Gasteiger partial charge in [0, 0.05) is 23.8 Å². The van der Waals surface area contributed by atoms with Crippen LogP contribution in [0.3, 0.4) is 0 Å². The number of rotatable bonds is 1. The molecule has 2 unspecified atom stereocenters. The topological polar surface area (TPSA) is 34.1 Å². The maximum absolute atomic E-state index is 12.9. The van der Waals surface area contributed by atoms with Gasteiger partial charge in [-0.1, -0.05) is 39.8 Å². The average Bonchev–Trinajstić information content (AvgIpc) is 2.46. The summed E-state index contributed by atoms with van der Waals surface area (Å²) in [6, 6.07) is 4.31. The Morgan fingerprint density at radius 3 is 2.50 bits per heavy atom. The van der Waals surface area contributed by atoms with Gasteiger partial charge in [-0.25, -0.2) is 0 Å². The molecule has 1 fully saturated rings. The van der Waals surface area contributed by atoms with Crippen LogP contribution >= 0.6 is 0 Å². The number of aryl methyl sites for hydroxylation is 1. The van der Waals surface area contributed by atoms with Crippen LogP contribution in [0.2, 0.25) is 0 Å². The lowest BCUT2D eigenvalue weighted by Gasteiger charge is -2.53. The van der Waals surface area contributed by atoms with Crippen LogP contribution in [0.5, 0.6) is 0 Å². The summed E-state index contributed by atoms with van der Waals surface area (Å²) in [4.78, 5) is 25.3. The molecule has 0 spiro atoms. The van der Waals surface area contributed by atoms with Gasteiger partial charge in [0.2, 0.25) is 0 Å². The molecule has 22 heavy (non-hydrogen) atoms. The largest absolute Gasteiger partial charge is 0.299 e. The van der Waals surface area contributed by atoms with Gasteiger partial charge in [-0.05, 0) is 47.8 Å². The molecule has 0 heterocycles. The van der Waals surface area contributed by atoms with Gasteiger partial charge in [0.15, 0.2) is 5.78 Å². The van der Waals surface area contributed by atoms with Gasteiger partial charge in [-0.15, -0.1) is 0 Å². The first-order valence-electron chi connectivity index (χ1n) is 8.43. The fraction of sp³-hybridized carbons (Fsp3) is 0.600. The molecule has 1 aromatic carbocycles. The molecule has 3 rings (SSSR count). The van der Waals surface area contributed by atoms with E-state index >= 15 is 0 Å². The van der Waals surface area contributed by atoms with Crippen LogP contribution in [-0.2, 0) is 16.6 Å². The molecule has 0 bridgehead atoms. The normalized spacial score (nSPS) is 30.0.